The van der Waals surface area contributed by atoms with E-state index in [2.05, 4.69) is 14.8 Å². The van der Waals surface area contributed by atoms with Crippen LogP contribution in [0.15, 0.2) is 12.3 Å². The molecule has 0 radical (unpaired) electrons. The van der Waals surface area contributed by atoms with Gasteiger partial charge in [0.25, 0.3) is 0 Å². The van der Waals surface area contributed by atoms with Gasteiger partial charge in [-0.15, -0.1) is 0 Å². The summed E-state index contributed by atoms with van der Waals surface area (Å²) in [5.41, 5.74) is 0. The Morgan fingerprint density at radius 3 is 2.25 bits per heavy atom. The second-order valence-corrected chi connectivity index (χ2v) is 7.15. The normalized spacial score (nSPS) is 25.1. The van der Waals surface area contributed by atoms with Crippen molar-refractivity contribution in [1.82, 2.24) is 9.97 Å². The van der Waals surface area contributed by atoms with Gasteiger partial charge in [0.05, 0.1) is 0 Å². The highest BCUT2D eigenvalue weighted by Crippen LogP contribution is 2.26. The molecule has 1 aromatic heterocycles. The van der Waals surface area contributed by atoms with Crippen molar-refractivity contribution in [2.75, 3.05) is 49.2 Å². The summed E-state index contributed by atoms with van der Waals surface area (Å²) in [6.45, 7) is 4.48. The minimum Gasteiger partial charge on any atom is -0.396 e. The van der Waals surface area contributed by atoms with E-state index in [1.165, 1.54) is 12.8 Å². The van der Waals surface area contributed by atoms with Gasteiger partial charge in [0, 0.05) is 45.6 Å². The second kappa shape index (κ2) is 8.62. The topological polar surface area (TPSA) is 72.7 Å². The van der Waals surface area contributed by atoms with E-state index in [1.54, 1.807) is 0 Å². The van der Waals surface area contributed by atoms with Crippen LogP contribution >= 0.6 is 0 Å². The van der Waals surface area contributed by atoms with Crippen LogP contribution in [0.2, 0.25) is 0 Å². The molecule has 2 aliphatic rings. The van der Waals surface area contributed by atoms with Crippen molar-refractivity contribution in [3.05, 3.63) is 12.3 Å². The Morgan fingerprint density at radius 1 is 0.958 bits per heavy atom. The van der Waals surface area contributed by atoms with E-state index in [1.807, 2.05) is 12.3 Å². The van der Waals surface area contributed by atoms with E-state index in [4.69, 9.17) is 4.98 Å². The Morgan fingerprint density at radius 2 is 1.58 bits per heavy atom. The Hall–Kier alpha value is -1.40. The Kier molecular flexibility index (Phi) is 6.26. The maximum atomic E-state index is 9.19. The summed E-state index contributed by atoms with van der Waals surface area (Å²) in [4.78, 5) is 13.9. The molecule has 0 saturated carbocycles. The lowest BCUT2D eigenvalue weighted by atomic mass is 9.95. The summed E-state index contributed by atoms with van der Waals surface area (Å²) in [5.74, 6) is 2.93. The monoisotopic (exact) mass is 334 g/mol. The van der Waals surface area contributed by atoms with Crippen LogP contribution in [0.3, 0.4) is 0 Å². The Labute approximate surface area is 144 Å². The first-order chi connectivity index (χ1) is 11.8. The molecule has 3 rings (SSSR count). The number of nitrogens with zero attached hydrogens (tertiary/aromatic N) is 4. The molecule has 0 aromatic carbocycles. The third kappa shape index (κ3) is 4.36. The van der Waals surface area contributed by atoms with Crippen LogP contribution in [0.25, 0.3) is 0 Å². The molecule has 1 aromatic rings. The molecular weight excluding hydrogens is 304 g/mol. The molecule has 2 unspecified atom stereocenters. The van der Waals surface area contributed by atoms with Gasteiger partial charge < -0.3 is 20.0 Å². The molecule has 0 aliphatic carbocycles. The fraction of sp³-hybridized carbons (Fsp3) is 0.778. The number of aromatic nitrogens is 2. The third-order valence-electron chi connectivity index (χ3n) is 5.35. The molecule has 0 amide bonds. The van der Waals surface area contributed by atoms with Crippen molar-refractivity contribution in [3.8, 4) is 0 Å². The van der Waals surface area contributed by atoms with Crippen LogP contribution in [0, 0.1) is 11.8 Å². The molecule has 134 valence electrons. The van der Waals surface area contributed by atoms with Gasteiger partial charge >= 0.3 is 0 Å². The maximum absolute atomic E-state index is 9.19. The molecule has 2 aliphatic heterocycles. The van der Waals surface area contributed by atoms with Gasteiger partial charge in [0.1, 0.15) is 5.82 Å². The van der Waals surface area contributed by atoms with E-state index in [9.17, 15) is 10.2 Å². The van der Waals surface area contributed by atoms with Crippen molar-refractivity contribution < 1.29 is 10.2 Å². The smallest absolute Gasteiger partial charge is 0.227 e. The third-order valence-corrected chi connectivity index (χ3v) is 5.35. The average Bonchev–Trinajstić information content (AvgIpc) is 2.63. The van der Waals surface area contributed by atoms with Gasteiger partial charge in [-0.2, -0.15) is 4.98 Å². The lowest BCUT2D eigenvalue weighted by Crippen LogP contribution is -2.38. The van der Waals surface area contributed by atoms with E-state index in [0.29, 0.717) is 11.8 Å². The molecule has 24 heavy (non-hydrogen) atoms. The predicted octanol–water partition coefficient (Wildman–Crippen LogP) is 1.67. The number of piperidine rings is 2. The summed E-state index contributed by atoms with van der Waals surface area (Å²) in [6, 6.07) is 2.00. The molecule has 3 heterocycles. The highest BCUT2D eigenvalue weighted by molar-refractivity contribution is 5.44. The highest BCUT2D eigenvalue weighted by Gasteiger charge is 2.24. The quantitative estimate of drug-likeness (QED) is 0.824. The largest absolute Gasteiger partial charge is 0.396 e. The van der Waals surface area contributed by atoms with E-state index in [-0.39, 0.29) is 13.2 Å². The summed E-state index contributed by atoms with van der Waals surface area (Å²) in [5, 5.41) is 18.4. The fourth-order valence-electron chi connectivity index (χ4n) is 4.02. The first-order valence-corrected chi connectivity index (χ1v) is 9.35. The lowest BCUT2D eigenvalue weighted by Gasteiger charge is -2.35. The summed E-state index contributed by atoms with van der Waals surface area (Å²) < 4.78 is 0. The van der Waals surface area contributed by atoms with Crippen LogP contribution in [0.4, 0.5) is 11.8 Å². The summed E-state index contributed by atoms with van der Waals surface area (Å²) >= 11 is 0. The summed E-state index contributed by atoms with van der Waals surface area (Å²) in [7, 11) is 0. The van der Waals surface area contributed by atoms with Crippen LogP contribution in [-0.4, -0.2) is 59.6 Å². The first-order valence-electron chi connectivity index (χ1n) is 9.35. The number of anilines is 2. The lowest BCUT2D eigenvalue weighted by molar-refractivity contribution is 0.243. The van der Waals surface area contributed by atoms with Crippen molar-refractivity contribution in [2.45, 2.75) is 38.5 Å². The number of hydrogen-bond donors (Lipinski definition) is 2. The molecule has 0 bridgehead atoms. The number of rotatable bonds is 6. The van der Waals surface area contributed by atoms with Gasteiger partial charge in [-0.25, -0.2) is 4.98 Å². The van der Waals surface area contributed by atoms with Gasteiger partial charge in [0.2, 0.25) is 5.95 Å². The Balaban J connectivity index is 1.67. The number of hydrogen-bond acceptors (Lipinski definition) is 6. The molecule has 0 spiro atoms. The predicted molar refractivity (Wildman–Crippen MR) is 95.3 cm³/mol. The van der Waals surface area contributed by atoms with Gasteiger partial charge in [0.15, 0.2) is 0 Å². The first kappa shape index (κ1) is 17.4. The minimum atomic E-state index is 0.263. The summed E-state index contributed by atoms with van der Waals surface area (Å²) in [6.07, 6.45) is 8.29. The van der Waals surface area contributed by atoms with Crippen LogP contribution in [0.1, 0.15) is 38.5 Å². The molecule has 2 fully saturated rings. The van der Waals surface area contributed by atoms with Crippen LogP contribution < -0.4 is 9.80 Å². The Bertz CT molecular complexity index is 468. The van der Waals surface area contributed by atoms with E-state index < -0.39 is 0 Å². The van der Waals surface area contributed by atoms with Gasteiger partial charge in [-0.3, -0.25) is 0 Å². The molecule has 2 saturated heterocycles. The van der Waals surface area contributed by atoms with Gasteiger partial charge in [-0.05, 0) is 56.4 Å². The molecule has 2 atom stereocenters. The van der Waals surface area contributed by atoms with Crippen molar-refractivity contribution >= 4 is 11.8 Å². The zero-order valence-electron chi connectivity index (χ0n) is 14.5. The SMILES string of the molecule is OCCC1CCCN(c2ccnc(N3CCCC(CCO)C3)n2)C1. The van der Waals surface area contributed by atoms with Gasteiger partial charge in [-0.1, -0.05) is 0 Å². The molecular formula is C18H30N4O2. The molecule has 6 nitrogen and oxygen atoms in total. The second-order valence-electron chi connectivity index (χ2n) is 7.15. The average molecular weight is 334 g/mol. The standard InChI is InChI=1S/C18H30N4O2/c23-11-6-15-3-1-9-21(13-15)17-5-8-19-18(20-17)22-10-2-4-16(14-22)7-12-24/h5,8,15-16,23-24H,1-4,6-7,9-14H2. The van der Waals surface area contributed by atoms with Crippen LogP contribution in [0.5, 0.6) is 0 Å². The van der Waals surface area contributed by atoms with Crippen LogP contribution in [-0.2, 0) is 0 Å². The fourth-order valence-corrected chi connectivity index (χ4v) is 4.02. The number of aliphatic hydroxyl groups excluding tert-OH is 2. The maximum Gasteiger partial charge on any atom is 0.227 e. The van der Waals surface area contributed by atoms with Crippen molar-refractivity contribution in [3.63, 3.8) is 0 Å². The highest BCUT2D eigenvalue weighted by atomic mass is 16.3. The van der Waals surface area contributed by atoms with Crippen molar-refractivity contribution in [2.24, 2.45) is 11.8 Å². The molecule has 2 N–H and O–H groups in total. The zero-order chi connectivity index (χ0) is 16.8. The minimum absolute atomic E-state index is 0.263. The van der Waals surface area contributed by atoms with E-state index in [0.717, 1.165) is 63.6 Å². The zero-order valence-corrected chi connectivity index (χ0v) is 14.5. The molecule has 6 heteroatoms. The van der Waals surface area contributed by atoms with E-state index >= 15 is 0 Å². The number of aliphatic hydroxyl groups is 2. The van der Waals surface area contributed by atoms with Crippen molar-refractivity contribution in [1.29, 1.82) is 0 Å².